The second-order valence-corrected chi connectivity index (χ2v) is 7.33. The zero-order chi connectivity index (χ0) is 17.4. The summed E-state index contributed by atoms with van der Waals surface area (Å²) in [5, 5.41) is 0. The number of benzene rings is 1. The molecule has 2 saturated heterocycles. The third-order valence-electron chi connectivity index (χ3n) is 5.54. The van der Waals surface area contributed by atoms with E-state index in [1.165, 1.54) is 11.9 Å². The average Bonchev–Trinajstić information content (AvgIpc) is 3.14. The van der Waals surface area contributed by atoms with Gasteiger partial charge in [0, 0.05) is 32.7 Å². The molecule has 0 saturated carbocycles. The third kappa shape index (κ3) is 3.16. The predicted molar refractivity (Wildman–Crippen MR) is 96.1 cm³/mol. The number of aryl methyl sites for hydroxylation is 2. The minimum absolute atomic E-state index is 0.0969. The maximum Gasteiger partial charge on any atom is 0.257 e. The molecule has 4 rings (SSSR count). The highest BCUT2D eigenvalue weighted by atomic mass is 16.2. The summed E-state index contributed by atoms with van der Waals surface area (Å²) in [5.74, 6) is 1.26. The van der Waals surface area contributed by atoms with Crippen molar-refractivity contribution in [3.63, 3.8) is 0 Å². The fraction of sp³-hybridized carbons (Fsp3) is 0.450. The number of aromatic nitrogens is 2. The molecule has 2 aliphatic rings. The zero-order valence-corrected chi connectivity index (χ0v) is 14.9. The summed E-state index contributed by atoms with van der Waals surface area (Å²) in [5.41, 5.74) is 3.60. The second kappa shape index (κ2) is 6.56. The normalized spacial score (nSPS) is 23.0. The number of likely N-dealkylation sites (tertiary alicyclic amines) is 2. The molecule has 1 amide bonds. The Bertz CT molecular complexity index is 742. The average molecular weight is 336 g/mol. The van der Waals surface area contributed by atoms with Crippen molar-refractivity contribution in [3.8, 4) is 0 Å². The van der Waals surface area contributed by atoms with Crippen LogP contribution in [-0.2, 0) is 6.54 Å². The molecular formula is C20H24N4O. The molecule has 3 heterocycles. The highest BCUT2D eigenvalue weighted by molar-refractivity contribution is 5.96. The summed E-state index contributed by atoms with van der Waals surface area (Å²) in [6.07, 6.45) is 1.53. The van der Waals surface area contributed by atoms with Crippen LogP contribution in [0.15, 0.2) is 36.7 Å². The van der Waals surface area contributed by atoms with E-state index in [1.807, 2.05) is 18.7 Å². The van der Waals surface area contributed by atoms with Crippen LogP contribution in [-0.4, -0.2) is 51.9 Å². The van der Waals surface area contributed by atoms with Crippen LogP contribution in [0.25, 0.3) is 0 Å². The van der Waals surface area contributed by atoms with Gasteiger partial charge in [-0.2, -0.15) is 0 Å². The molecular weight excluding hydrogens is 312 g/mol. The molecule has 0 N–H and O–H groups in total. The van der Waals surface area contributed by atoms with Crippen molar-refractivity contribution in [1.82, 2.24) is 19.8 Å². The lowest BCUT2D eigenvalue weighted by atomic mass is 10.0. The van der Waals surface area contributed by atoms with Gasteiger partial charge in [0.15, 0.2) is 0 Å². The molecule has 2 atom stereocenters. The number of fused-ring (bicyclic) bond motifs is 1. The Morgan fingerprint density at radius 2 is 1.60 bits per heavy atom. The van der Waals surface area contributed by atoms with Crippen molar-refractivity contribution in [2.45, 2.75) is 20.4 Å². The van der Waals surface area contributed by atoms with Gasteiger partial charge < -0.3 is 4.90 Å². The Morgan fingerprint density at radius 3 is 2.20 bits per heavy atom. The van der Waals surface area contributed by atoms with Crippen LogP contribution in [0.2, 0.25) is 0 Å². The van der Waals surface area contributed by atoms with Crippen LogP contribution in [0, 0.1) is 25.7 Å². The monoisotopic (exact) mass is 336 g/mol. The van der Waals surface area contributed by atoms with E-state index in [4.69, 9.17) is 0 Å². The fourth-order valence-electron chi connectivity index (χ4n) is 4.29. The first kappa shape index (κ1) is 16.2. The van der Waals surface area contributed by atoms with Crippen molar-refractivity contribution in [3.05, 3.63) is 59.2 Å². The highest BCUT2D eigenvalue weighted by Gasteiger charge is 2.42. The lowest BCUT2D eigenvalue weighted by Crippen LogP contribution is -2.34. The quantitative estimate of drug-likeness (QED) is 0.863. The van der Waals surface area contributed by atoms with Gasteiger partial charge >= 0.3 is 0 Å². The van der Waals surface area contributed by atoms with Gasteiger partial charge in [0.1, 0.15) is 6.33 Å². The Balaban J connectivity index is 1.40. The summed E-state index contributed by atoms with van der Waals surface area (Å²) in [6, 6.07) is 10.6. The van der Waals surface area contributed by atoms with Crippen LogP contribution >= 0.6 is 0 Å². The van der Waals surface area contributed by atoms with Crippen LogP contribution < -0.4 is 0 Å². The van der Waals surface area contributed by atoms with Gasteiger partial charge in [-0.15, -0.1) is 0 Å². The summed E-state index contributed by atoms with van der Waals surface area (Å²) < 4.78 is 0. The van der Waals surface area contributed by atoms with E-state index in [1.54, 1.807) is 0 Å². The molecule has 2 unspecified atom stereocenters. The molecule has 130 valence electrons. The lowest BCUT2D eigenvalue weighted by molar-refractivity contribution is 0.0771. The van der Waals surface area contributed by atoms with Crippen LogP contribution in [0.4, 0.5) is 0 Å². The topological polar surface area (TPSA) is 49.3 Å². The summed E-state index contributed by atoms with van der Waals surface area (Å²) in [4.78, 5) is 25.8. The Hall–Kier alpha value is -2.27. The van der Waals surface area contributed by atoms with Crippen molar-refractivity contribution in [2.75, 3.05) is 26.2 Å². The summed E-state index contributed by atoms with van der Waals surface area (Å²) in [6.45, 7) is 8.64. The summed E-state index contributed by atoms with van der Waals surface area (Å²) >= 11 is 0. The maximum absolute atomic E-state index is 12.9. The highest BCUT2D eigenvalue weighted by Crippen LogP contribution is 2.33. The third-order valence-corrected chi connectivity index (χ3v) is 5.54. The fourth-order valence-corrected chi connectivity index (χ4v) is 4.29. The maximum atomic E-state index is 12.9. The number of nitrogens with zero attached hydrogens (tertiary/aromatic N) is 4. The van der Waals surface area contributed by atoms with Gasteiger partial charge in [0.25, 0.3) is 5.91 Å². The smallest absolute Gasteiger partial charge is 0.257 e. The molecule has 5 heteroatoms. The van der Waals surface area contributed by atoms with Crippen LogP contribution in [0.3, 0.4) is 0 Å². The first-order valence-electron chi connectivity index (χ1n) is 8.95. The van der Waals surface area contributed by atoms with Gasteiger partial charge in [-0.1, -0.05) is 30.3 Å². The first-order valence-corrected chi connectivity index (χ1v) is 8.95. The Kier molecular flexibility index (Phi) is 4.25. The Morgan fingerprint density at radius 1 is 1.00 bits per heavy atom. The van der Waals surface area contributed by atoms with Crippen LogP contribution in [0.1, 0.15) is 27.3 Å². The molecule has 0 spiro atoms. The molecule has 5 nitrogen and oxygen atoms in total. The van der Waals surface area contributed by atoms with E-state index in [2.05, 4.69) is 45.2 Å². The lowest BCUT2D eigenvalue weighted by Gasteiger charge is -2.22. The molecule has 0 bridgehead atoms. The zero-order valence-electron chi connectivity index (χ0n) is 14.9. The minimum atomic E-state index is 0.0969. The summed E-state index contributed by atoms with van der Waals surface area (Å²) in [7, 11) is 0. The van der Waals surface area contributed by atoms with Gasteiger partial charge in [-0.25, -0.2) is 9.97 Å². The van der Waals surface area contributed by atoms with E-state index in [0.29, 0.717) is 17.4 Å². The molecule has 1 aromatic heterocycles. The van der Waals surface area contributed by atoms with Gasteiger partial charge in [-0.3, -0.25) is 9.69 Å². The van der Waals surface area contributed by atoms with Crippen molar-refractivity contribution < 1.29 is 4.79 Å². The molecule has 2 aromatic rings. The molecule has 0 aliphatic carbocycles. The first-order chi connectivity index (χ1) is 12.1. The molecule has 1 aromatic carbocycles. The van der Waals surface area contributed by atoms with E-state index >= 15 is 0 Å². The van der Waals surface area contributed by atoms with Crippen molar-refractivity contribution >= 4 is 5.91 Å². The molecule has 0 radical (unpaired) electrons. The number of carbonyl (C=O) groups excluding carboxylic acids is 1. The largest absolute Gasteiger partial charge is 0.338 e. The number of hydrogen-bond donors (Lipinski definition) is 0. The van der Waals surface area contributed by atoms with Crippen molar-refractivity contribution in [2.24, 2.45) is 11.8 Å². The van der Waals surface area contributed by atoms with E-state index < -0.39 is 0 Å². The molecule has 25 heavy (non-hydrogen) atoms. The number of carbonyl (C=O) groups is 1. The van der Waals surface area contributed by atoms with Gasteiger partial charge in [-0.05, 0) is 31.2 Å². The van der Waals surface area contributed by atoms with Crippen molar-refractivity contribution in [1.29, 1.82) is 0 Å². The number of hydrogen-bond acceptors (Lipinski definition) is 4. The molecule has 2 fully saturated rings. The number of amides is 1. The molecule has 2 aliphatic heterocycles. The second-order valence-electron chi connectivity index (χ2n) is 7.33. The van der Waals surface area contributed by atoms with E-state index in [9.17, 15) is 4.79 Å². The number of rotatable bonds is 3. The predicted octanol–water partition coefficient (Wildman–Crippen LogP) is 2.30. The SMILES string of the molecule is Cc1ncnc(C)c1C(=O)N1CC2CN(Cc3ccccc3)CC2C1. The minimum Gasteiger partial charge on any atom is -0.338 e. The standard InChI is InChI=1S/C20H24N4O/c1-14-19(15(2)22-13-21-14)20(25)24-11-17-9-23(10-18(17)12-24)8-16-6-4-3-5-7-16/h3-7,13,17-18H,8-12H2,1-2H3. The van der Waals surface area contributed by atoms with Gasteiger partial charge in [0.2, 0.25) is 0 Å². The van der Waals surface area contributed by atoms with Gasteiger partial charge in [0.05, 0.1) is 17.0 Å². The Labute approximate surface area is 148 Å². The van der Waals surface area contributed by atoms with E-state index in [0.717, 1.165) is 44.1 Å². The van der Waals surface area contributed by atoms with Crippen LogP contribution in [0.5, 0.6) is 0 Å². The van der Waals surface area contributed by atoms with E-state index in [-0.39, 0.29) is 5.91 Å².